The first kappa shape index (κ1) is 18.2. The molecule has 1 aromatic rings. The third kappa shape index (κ3) is 4.91. The van der Waals surface area contributed by atoms with E-state index in [1.54, 1.807) is 7.11 Å². The third-order valence-electron chi connectivity index (χ3n) is 4.27. The van der Waals surface area contributed by atoms with Crippen LogP contribution in [0.15, 0.2) is 24.3 Å². The van der Waals surface area contributed by atoms with E-state index in [-0.39, 0.29) is 6.04 Å². The van der Waals surface area contributed by atoms with Gasteiger partial charge >= 0.3 is 0 Å². The summed E-state index contributed by atoms with van der Waals surface area (Å²) in [5, 5.41) is 0. The highest BCUT2D eigenvalue weighted by Gasteiger charge is 2.24. The van der Waals surface area contributed by atoms with E-state index in [1.165, 1.54) is 24.8 Å². The fraction of sp³-hybridized carbons (Fsp3) is 0.625. The highest BCUT2D eigenvalue weighted by molar-refractivity contribution is 7.87. The molecule has 1 atom stereocenters. The molecule has 1 heterocycles. The second kappa shape index (κ2) is 8.10. The number of hydrogen-bond donors (Lipinski definition) is 1. The minimum absolute atomic E-state index is 0.0379. The summed E-state index contributed by atoms with van der Waals surface area (Å²) in [6.45, 7) is 2.37. The standard InChI is InChI=1S/C16H27N3O3S/c1-18(2)23(20,21)17-13-16(19-11-5-4-6-12-19)14-7-9-15(22-3)10-8-14/h7-10,16-17H,4-6,11-13H2,1-3H3. The predicted molar refractivity (Wildman–Crippen MR) is 91.8 cm³/mol. The minimum Gasteiger partial charge on any atom is -0.497 e. The van der Waals surface area contributed by atoms with E-state index in [0.717, 1.165) is 37.2 Å². The van der Waals surface area contributed by atoms with Gasteiger partial charge in [-0.25, -0.2) is 4.72 Å². The van der Waals surface area contributed by atoms with Crippen molar-refractivity contribution >= 4 is 10.2 Å². The number of hydrogen-bond acceptors (Lipinski definition) is 4. The van der Waals surface area contributed by atoms with Gasteiger partial charge in [-0.3, -0.25) is 4.90 Å². The van der Waals surface area contributed by atoms with E-state index in [0.29, 0.717) is 6.54 Å². The van der Waals surface area contributed by atoms with Gasteiger partial charge in [-0.15, -0.1) is 0 Å². The first-order valence-corrected chi connectivity index (χ1v) is 9.43. The molecule has 0 saturated carbocycles. The van der Waals surface area contributed by atoms with Crippen molar-refractivity contribution in [3.63, 3.8) is 0 Å². The van der Waals surface area contributed by atoms with Crippen LogP contribution < -0.4 is 9.46 Å². The van der Waals surface area contributed by atoms with Gasteiger partial charge in [-0.2, -0.15) is 12.7 Å². The Morgan fingerprint density at radius 2 is 1.78 bits per heavy atom. The SMILES string of the molecule is COc1ccc(C(CNS(=O)(=O)N(C)C)N2CCCCC2)cc1. The predicted octanol–water partition coefficient (Wildman–Crippen LogP) is 1.62. The Labute approximate surface area is 139 Å². The van der Waals surface area contributed by atoms with E-state index in [1.807, 2.05) is 24.3 Å². The van der Waals surface area contributed by atoms with Gasteiger partial charge in [0.25, 0.3) is 10.2 Å². The lowest BCUT2D eigenvalue weighted by Crippen LogP contribution is -2.43. The molecule has 1 aromatic carbocycles. The van der Waals surface area contributed by atoms with Crippen molar-refractivity contribution in [3.05, 3.63) is 29.8 Å². The van der Waals surface area contributed by atoms with Crippen LogP contribution in [0.2, 0.25) is 0 Å². The number of likely N-dealkylation sites (tertiary alicyclic amines) is 1. The molecule has 1 N–H and O–H groups in total. The van der Waals surface area contributed by atoms with Crippen LogP contribution in [0, 0.1) is 0 Å². The zero-order valence-electron chi connectivity index (χ0n) is 14.2. The van der Waals surface area contributed by atoms with Crippen molar-refractivity contribution in [1.82, 2.24) is 13.9 Å². The Balaban J connectivity index is 2.16. The van der Waals surface area contributed by atoms with Gasteiger partial charge in [-0.05, 0) is 43.6 Å². The fourth-order valence-electron chi connectivity index (χ4n) is 2.83. The van der Waals surface area contributed by atoms with Crippen molar-refractivity contribution in [2.24, 2.45) is 0 Å². The monoisotopic (exact) mass is 341 g/mol. The number of rotatable bonds is 7. The summed E-state index contributed by atoms with van der Waals surface area (Å²) in [5.74, 6) is 0.806. The van der Waals surface area contributed by atoms with Crippen LogP contribution in [0.4, 0.5) is 0 Å². The fourth-order valence-corrected chi connectivity index (χ4v) is 3.45. The largest absolute Gasteiger partial charge is 0.497 e. The Morgan fingerprint density at radius 3 is 2.30 bits per heavy atom. The van der Waals surface area contributed by atoms with Crippen molar-refractivity contribution in [2.75, 3.05) is 40.8 Å². The first-order valence-electron chi connectivity index (χ1n) is 7.99. The number of benzene rings is 1. The molecule has 1 saturated heterocycles. The van der Waals surface area contributed by atoms with Gasteiger partial charge in [-0.1, -0.05) is 18.6 Å². The quantitative estimate of drug-likeness (QED) is 0.819. The van der Waals surface area contributed by atoms with Crippen LogP contribution in [0.25, 0.3) is 0 Å². The van der Waals surface area contributed by atoms with E-state index < -0.39 is 10.2 Å². The summed E-state index contributed by atoms with van der Waals surface area (Å²) in [4.78, 5) is 2.36. The normalized spacial score (nSPS) is 18.1. The molecule has 1 unspecified atom stereocenters. The van der Waals surface area contributed by atoms with E-state index in [4.69, 9.17) is 4.74 Å². The van der Waals surface area contributed by atoms with Crippen molar-refractivity contribution in [1.29, 1.82) is 0 Å². The molecule has 23 heavy (non-hydrogen) atoms. The third-order valence-corrected chi connectivity index (χ3v) is 5.76. The second-order valence-electron chi connectivity index (χ2n) is 6.02. The van der Waals surface area contributed by atoms with Gasteiger partial charge in [0.05, 0.1) is 7.11 Å². The lowest BCUT2D eigenvalue weighted by molar-refractivity contribution is 0.164. The molecule has 7 heteroatoms. The van der Waals surface area contributed by atoms with Crippen LogP contribution in [-0.4, -0.2) is 58.5 Å². The number of nitrogens with zero attached hydrogens (tertiary/aromatic N) is 2. The van der Waals surface area contributed by atoms with Gasteiger partial charge in [0.1, 0.15) is 5.75 Å². The molecule has 0 aromatic heterocycles. The number of ether oxygens (including phenoxy) is 1. The summed E-state index contributed by atoms with van der Waals surface area (Å²) in [7, 11) is 1.29. The van der Waals surface area contributed by atoms with Crippen LogP contribution in [0.5, 0.6) is 5.75 Å². The van der Waals surface area contributed by atoms with Crippen LogP contribution in [0.3, 0.4) is 0 Å². The molecular weight excluding hydrogens is 314 g/mol. The lowest BCUT2D eigenvalue weighted by atomic mass is 10.0. The van der Waals surface area contributed by atoms with Gasteiger partial charge in [0, 0.05) is 26.7 Å². The minimum atomic E-state index is -3.42. The Morgan fingerprint density at radius 1 is 1.17 bits per heavy atom. The van der Waals surface area contributed by atoms with Crippen LogP contribution in [0.1, 0.15) is 30.9 Å². The first-order chi connectivity index (χ1) is 10.9. The molecule has 6 nitrogen and oxygen atoms in total. The molecule has 1 aliphatic rings. The molecule has 2 rings (SSSR count). The maximum absolute atomic E-state index is 12.0. The smallest absolute Gasteiger partial charge is 0.278 e. The van der Waals surface area contributed by atoms with Gasteiger partial charge in [0.15, 0.2) is 0 Å². The van der Waals surface area contributed by atoms with E-state index in [2.05, 4.69) is 9.62 Å². The zero-order chi connectivity index (χ0) is 16.9. The molecular formula is C16H27N3O3S. The van der Waals surface area contributed by atoms with E-state index >= 15 is 0 Å². The van der Waals surface area contributed by atoms with Gasteiger partial charge in [0.2, 0.25) is 0 Å². The molecule has 1 fully saturated rings. The molecule has 0 spiro atoms. The Hall–Kier alpha value is -1.15. The van der Waals surface area contributed by atoms with Crippen LogP contribution >= 0.6 is 0 Å². The summed E-state index contributed by atoms with van der Waals surface area (Å²) < 4.78 is 33.2. The number of nitrogens with one attached hydrogen (secondary N) is 1. The highest BCUT2D eigenvalue weighted by Crippen LogP contribution is 2.26. The summed E-state index contributed by atoms with van der Waals surface area (Å²) in [5.41, 5.74) is 1.11. The lowest BCUT2D eigenvalue weighted by Gasteiger charge is -2.35. The van der Waals surface area contributed by atoms with Crippen molar-refractivity contribution in [3.8, 4) is 5.75 Å². The molecule has 0 aliphatic carbocycles. The summed E-state index contributed by atoms with van der Waals surface area (Å²) in [6.07, 6.45) is 3.56. The number of piperidine rings is 1. The summed E-state index contributed by atoms with van der Waals surface area (Å²) >= 11 is 0. The Kier molecular flexibility index (Phi) is 6.41. The van der Waals surface area contributed by atoms with Crippen molar-refractivity contribution in [2.45, 2.75) is 25.3 Å². The molecule has 0 radical (unpaired) electrons. The number of methoxy groups -OCH3 is 1. The van der Waals surface area contributed by atoms with Gasteiger partial charge < -0.3 is 4.74 Å². The zero-order valence-corrected chi connectivity index (χ0v) is 15.0. The molecule has 0 amide bonds. The molecule has 130 valence electrons. The summed E-state index contributed by atoms with van der Waals surface area (Å²) in [6, 6.07) is 7.92. The van der Waals surface area contributed by atoms with Crippen molar-refractivity contribution < 1.29 is 13.2 Å². The maximum atomic E-state index is 12.0. The van der Waals surface area contributed by atoms with E-state index in [9.17, 15) is 8.42 Å². The van der Waals surface area contributed by atoms with Crippen LogP contribution in [-0.2, 0) is 10.2 Å². The topological polar surface area (TPSA) is 61.9 Å². The highest BCUT2D eigenvalue weighted by atomic mass is 32.2. The molecule has 1 aliphatic heterocycles. The maximum Gasteiger partial charge on any atom is 0.278 e. The average molecular weight is 341 g/mol. The average Bonchev–Trinajstić information content (AvgIpc) is 2.56. The second-order valence-corrected chi connectivity index (χ2v) is 7.99. The Bertz CT molecular complexity index is 581. The molecule has 0 bridgehead atoms.